The molecule has 0 fully saturated rings. The van der Waals surface area contributed by atoms with Crippen LogP contribution in [0.1, 0.15) is 0 Å². The van der Waals surface area contributed by atoms with Gasteiger partial charge in [0.25, 0.3) is 0 Å². The van der Waals surface area contributed by atoms with Gasteiger partial charge in [-0.15, -0.1) is 0 Å². The number of fused-ring (bicyclic) bond motifs is 1. The Morgan fingerprint density at radius 2 is 1.57 bits per heavy atom. The minimum absolute atomic E-state index is 0.00908. The summed E-state index contributed by atoms with van der Waals surface area (Å²) in [6.45, 7) is 0. The van der Waals surface area contributed by atoms with Crippen LogP contribution < -0.4 is 0 Å². The van der Waals surface area contributed by atoms with E-state index in [1.165, 1.54) is 30.3 Å². The number of nitrogens with zero attached hydrogens (tertiary/aromatic N) is 1. The molecule has 0 aliphatic carbocycles. The summed E-state index contributed by atoms with van der Waals surface area (Å²) in [7, 11) is -3.73. The van der Waals surface area contributed by atoms with Crippen LogP contribution in [-0.4, -0.2) is 13.4 Å². The lowest BCUT2D eigenvalue weighted by atomic mass is 10.2. The van der Waals surface area contributed by atoms with Crippen LogP contribution in [0, 0.1) is 0 Å². The third-order valence-electron chi connectivity index (χ3n) is 3.06. The summed E-state index contributed by atoms with van der Waals surface area (Å²) in [5.74, 6) is 0. The number of pyridine rings is 1. The normalized spacial score (nSPS) is 11.7. The van der Waals surface area contributed by atoms with Crippen LogP contribution in [0.2, 0.25) is 10.2 Å². The average molecular weight is 338 g/mol. The zero-order valence-corrected chi connectivity index (χ0v) is 13.0. The maximum atomic E-state index is 12.6. The van der Waals surface area contributed by atoms with Crippen molar-refractivity contribution in [1.82, 2.24) is 4.98 Å². The maximum absolute atomic E-state index is 12.6. The van der Waals surface area contributed by atoms with Crippen LogP contribution in [0.15, 0.2) is 64.4 Å². The molecule has 0 atom stereocenters. The second kappa shape index (κ2) is 5.30. The molecular formula is C15H9Cl2NO2S. The van der Waals surface area contributed by atoms with Gasteiger partial charge in [-0.2, -0.15) is 0 Å². The van der Waals surface area contributed by atoms with E-state index in [1.807, 2.05) is 12.1 Å². The van der Waals surface area contributed by atoms with Crippen LogP contribution in [0.3, 0.4) is 0 Å². The number of benzene rings is 2. The third-order valence-corrected chi connectivity index (χ3v) is 5.49. The number of sulfone groups is 1. The fourth-order valence-corrected chi connectivity index (χ4v) is 3.88. The Morgan fingerprint density at radius 3 is 2.29 bits per heavy atom. The van der Waals surface area contributed by atoms with Gasteiger partial charge in [0.2, 0.25) is 9.84 Å². The molecule has 0 radical (unpaired) electrons. The highest BCUT2D eigenvalue weighted by Gasteiger charge is 2.22. The molecular weight excluding hydrogens is 329 g/mol. The molecule has 3 nitrogen and oxygen atoms in total. The van der Waals surface area contributed by atoms with Crippen LogP contribution in [-0.2, 0) is 9.84 Å². The highest BCUT2D eigenvalue weighted by atomic mass is 35.5. The predicted octanol–water partition coefficient (Wildman–Crippen LogP) is 4.37. The second-order valence-corrected chi connectivity index (χ2v) is 7.14. The number of aromatic nitrogens is 1. The highest BCUT2D eigenvalue weighted by Crippen LogP contribution is 2.29. The van der Waals surface area contributed by atoms with E-state index in [-0.39, 0.29) is 14.9 Å². The van der Waals surface area contributed by atoms with Crippen molar-refractivity contribution >= 4 is 43.9 Å². The van der Waals surface area contributed by atoms with Gasteiger partial charge in [0.15, 0.2) is 0 Å². The summed E-state index contributed by atoms with van der Waals surface area (Å²) in [5, 5.41) is 1.15. The summed E-state index contributed by atoms with van der Waals surface area (Å²) >= 11 is 11.8. The molecule has 6 heteroatoms. The molecule has 1 aromatic heterocycles. The Bertz CT molecular complexity index is 922. The minimum Gasteiger partial charge on any atom is -0.235 e. The molecule has 0 unspecified atom stereocenters. The van der Waals surface area contributed by atoms with E-state index in [1.54, 1.807) is 12.1 Å². The first-order chi connectivity index (χ1) is 9.98. The first kappa shape index (κ1) is 14.3. The second-order valence-electron chi connectivity index (χ2n) is 4.43. The van der Waals surface area contributed by atoms with Crippen LogP contribution in [0.25, 0.3) is 10.9 Å². The number of hydrogen-bond donors (Lipinski definition) is 0. The van der Waals surface area contributed by atoms with Crippen LogP contribution in [0.5, 0.6) is 0 Å². The van der Waals surface area contributed by atoms with Gasteiger partial charge in [0, 0.05) is 10.4 Å². The first-order valence-corrected chi connectivity index (χ1v) is 8.28. The van der Waals surface area contributed by atoms with E-state index in [4.69, 9.17) is 23.2 Å². The number of hydrogen-bond acceptors (Lipinski definition) is 3. The lowest BCUT2D eigenvalue weighted by molar-refractivity contribution is 0.596. The maximum Gasteiger partial charge on any atom is 0.209 e. The number of halogens is 2. The van der Waals surface area contributed by atoms with Crippen LogP contribution in [0.4, 0.5) is 0 Å². The Morgan fingerprint density at radius 1 is 0.905 bits per heavy atom. The molecule has 3 rings (SSSR count). The zero-order chi connectivity index (χ0) is 15.0. The lowest BCUT2D eigenvalue weighted by Crippen LogP contribution is -2.04. The zero-order valence-electron chi connectivity index (χ0n) is 10.6. The summed E-state index contributed by atoms with van der Waals surface area (Å²) in [4.78, 5) is 4.27. The molecule has 0 aliphatic rings. The Labute approximate surface area is 132 Å². The Hall–Kier alpha value is -1.62. The highest BCUT2D eigenvalue weighted by molar-refractivity contribution is 7.91. The quantitative estimate of drug-likeness (QED) is 0.652. The van der Waals surface area contributed by atoms with E-state index in [0.717, 1.165) is 5.39 Å². The van der Waals surface area contributed by atoms with Gasteiger partial charge in [0.1, 0.15) is 10.0 Å². The van der Waals surface area contributed by atoms with E-state index in [9.17, 15) is 8.42 Å². The predicted molar refractivity (Wildman–Crippen MR) is 83.7 cm³/mol. The molecule has 1 heterocycles. The molecule has 21 heavy (non-hydrogen) atoms. The average Bonchev–Trinajstić information content (AvgIpc) is 2.47. The van der Waals surface area contributed by atoms with Gasteiger partial charge in [0.05, 0.1) is 10.4 Å². The third kappa shape index (κ3) is 2.62. The van der Waals surface area contributed by atoms with E-state index in [2.05, 4.69) is 4.98 Å². The van der Waals surface area contributed by atoms with Crippen molar-refractivity contribution in [3.63, 3.8) is 0 Å². The largest absolute Gasteiger partial charge is 0.235 e. The summed E-state index contributed by atoms with van der Waals surface area (Å²) in [6.07, 6.45) is 0. The van der Waals surface area contributed by atoms with Crippen molar-refractivity contribution in [3.05, 3.63) is 64.8 Å². The fourth-order valence-electron chi connectivity index (χ4n) is 2.00. The minimum atomic E-state index is -3.73. The monoisotopic (exact) mass is 337 g/mol. The van der Waals surface area contributed by atoms with E-state index >= 15 is 0 Å². The molecule has 0 bridgehead atoms. The van der Waals surface area contributed by atoms with Gasteiger partial charge in [-0.05, 0) is 36.4 Å². The summed E-state index contributed by atoms with van der Waals surface area (Å²) in [6, 6.07) is 14.7. The molecule has 0 N–H and O–H groups in total. The SMILES string of the molecule is O=S(=O)(c1ccc(Cl)cc1)c1cc2ccccc2nc1Cl. The van der Waals surface area contributed by atoms with E-state index in [0.29, 0.717) is 10.5 Å². The number of rotatable bonds is 2. The smallest absolute Gasteiger partial charge is 0.209 e. The molecule has 0 aliphatic heterocycles. The van der Waals surface area contributed by atoms with Crippen LogP contribution >= 0.6 is 23.2 Å². The molecule has 2 aromatic carbocycles. The standard InChI is InChI=1S/C15H9Cl2NO2S/c16-11-5-7-12(8-6-11)21(19,20)14-9-10-3-1-2-4-13(10)18-15(14)17/h1-9H. The molecule has 0 amide bonds. The number of para-hydroxylation sites is 1. The fraction of sp³-hybridized carbons (Fsp3) is 0. The Kier molecular flexibility index (Phi) is 3.61. The van der Waals surface area contributed by atoms with Crippen molar-refractivity contribution in [1.29, 1.82) is 0 Å². The summed E-state index contributed by atoms with van der Waals surface area (Å²) in [5.41, 5.74) is 0.651. The van der Waals surface area contributed by atoms with Gasteiger partial charge in [-0.1, -0.05) is 41.4 Å². The van der Waals surface area contributed by atoms with Gasteiger partial charge in [-0.3, -0.25) is 0 Å². The first-order valence-electron chi connectivity index (χ1n) is 6.04. The van der Waals surface area contributed by atoms with Crippen molar-refractivity contribution in [2.75, 3.05) is 0 Å². The van der Waals surface area contributed by atoms with Crippen molar-refractivity contribution in [2.24, 2.45) is 0 Å². The molecule has 0 saturated carbocycles. The van der Waals surface area contributed by atoms with Gasteiger partial charge < -0.3 is 0 Å². The molecule has 106 valence electrons. The van der Waals surface area contributed by atoms with Crippen molar-refractivity contribution < 1.29 is 8.42 Å². The Balaban J connectivity index is 2.23. The molecule has 0 spiro atoms. The summed E-state index contributed by atoms with van der Waals surface area (Å²) < 4.78 is 25.3. The van der Waals surface area contributed by atoms with Crippen molar-refractivity contribution in [3.8, 4) is 0 Å². The molecule has 0 saturated heterocycles. The molecule has 3 aromatic rings. The van der Waals surface area contributed by atoms with Gasteiger partial charge >= 0.3 is 0 Å². The topological polar surface area (TPSA) is 47.0 Å². The van der Waals surface area contributed by atoms with Crippen molar-refractivity contribution in [2.45, 2.75) is 9.79 Å². The van der Waals surface area contributed by atoms with E-state index < -0.39 is 9.84 Å². The van der Waals surface area contributed by atoms with Gasteiger partial charge in [-0.25, -0.2) is 13.4 Å². The lowest BCUT2D eigenvalue weighted by Gasteiger charge is -2.08.